The van der Waals surface area contributed by atoms with E-state index in [2.05, 4.69) is 58.9 Å². The van der Waals surface area contributed by atoms with Gasteiger partial charge in [0.15, 0.2) is 0 Å². The Bertz CT molecular complexity index is 1450. The summed E-state index contributed by atoms with van der Waals surface area (Å²) in [5, 5.41) is 9.21. The van der Waals surface area contributed by atoms with Gasteiger partial charge >= 0.3 is 0 Å². The van der Waals surface area contributed by atoms with Crippen LogP contribution >= 0.6 is 0 Å². The number of hydrogen-bond donors (Lipinski definition) is 1. The average Bonchev–Trinajstić information content (AvgIpc) is 3.44. The smallest absolute Gasteiger partial charge is 0.291 e. The van der Waals surface area contributed by atoms with E-state index >= 15 is 0 Å². The number of carbonyl (C=O) groups excluding carboxylic acids is 1. The van der Waals surface area contributed by atoms with E-state index in [9.17, 15) is 9.59 Å². The molecule has 0 bridgehead atoms. The molecule has 0 spiro atoms. The summed E-state index contributed by atoms with van der Waals surface area (Å²) in [5.41, 5.74) is 4.88. The number of rotatable bonds is 7. The molecule has 0 unspecified atom stereocenters. The quantitative estimate of drug-likeness (QED) is 0.447. The third-order valence-corrected chi connectivity index (χ3v) is 7.34. The molecule has 0 radical (unpaired) electrons. The summed E-state index contributed by atoms with van der Waals surface area (Å²) >= 11 is 0. The highest BCUT2D eigenvalue weighted by Crippen LogP contribution is 2.28. The Morgan fingerprint density at radius 2 is 1.97 bits per heavy atom. The van der Waals surface area contributed by atoms with Crippen molar-refractivity contribution in [3.05, 3.63) is 75.7 Å². The number of fused-ring (bicyclic) bond motifs is 3. The lowest BCUT2D eigenvalue weighted by molar-refractivity contribution is -0.122. The number of aryl methyl sites for hydroxylation is 2. The molecule has 3 heterocycles. The minimum atomic E-state index is -0.241. The lowest BCUT2D eigenvalue weighted by atomic mass is 10.1. The van der Waals surface area contributed by atoms with E-state index in [4.69, 9.17) is 0 Å². The molecule has 35 heavy (non-hydrogen) atoms. The summed E-state index contributed by atoms with van der Waals surface area (Å²) < 4.78 is 3.37. The van der Waals surface area contributed by atoms with Crippen molar-refractivity contribution >= 4 is 27.7 Å². The van der Waals surface area contributed by atoms with Gasteiger partial charge in [-0.2, -0.15) is 5.10 Å². The monoisotopic (exact) mass is 471 g/mol. The van der Waals surface area contributed by atoms with Gasteiger partial charge < -0.3 is 9.88 Å². The molecule has 2 aromatic carbocycles. The first-order valence-corrected chi connectivity index (χ1v) is 12.5. The average molecular weight is 472 g/mol. The maximum absolute atomic E-state index is 13.6. The fraction of sp³-hybridized carbons (Fsp3) is 0.393. The lowest BCUT2D eigenvalue weighted by Crippen LogP contribution is -2.42. The van der Waals surface area contributed by atoms with E-state index in [0.717, 1.165) is 42.2 Å². The molecule has 0 aliphatic carbocycles. The summed E-state index contributed by atoms with van der Waals surface area (Å²) in [7, 11) is 0. The Balaban J connectivity index is 1.48. The van der Waals surface area contributed by atoms with Crippen LogP contribution in [0.2, 0.25) is 0 Å². The highest BCUT2D eigenvalue weighted by Gasteiger charge is 2.23. The van der Waals surface area contributed by atoms with Crippen LogP contribution in [-0.2, 0) is 17.9 Å². The predicted octanol–water partition coefficient (Wildman–Crippen LogP) is 3.62. The van der Waals surface area contributed by atoms with Crippen molar-refractivity contribution in [2.45, 2.75) is 52.7 Å². The standard InChI is InChI=1S/C28H33N5O2/c1-4-31-13-7-8-22(31)15-29-26(34)18-33-28(35)27-24(16-30-33)23-9-5-6-10-25(23)32(27)17-21-14-19(2)11-12-20(21)3/h5-6,9-12,14,16,22H,4,7-8,13,15,17-18H2,1-3H3,(H,29,34)/t22-/m0/s1. The summed E-state index contributed by atoms with van der Waals surface area (Å²) in [4.78, 5) is 28.8. The molecule has 4 aromatic rings. The Hall–Kier alpha value is -3.45. The maximum atomic E-state index is 13.6. The number of nitrogens with one attached hydrogen (secondary N) is 1. The Morgan fingerprint density at radius 1 is 1.14 bits per heavy atom. The van der Waals surface area contributed by atoms with E-state index < -0.39 is 0 Å². The molecule has 1 aliphatic rings. The van der Waals surface area contributed by atoms with Crippen molar-refractivity contribution in [2.24, 2.45) is 0 Å². The van der Waals surface area contributed by atoms with E-state index in [0.29, 0.717) is 24.6 Å². The zero-order chi connectivity index (χ0) is 24.5. The first-order valence-electron chi connectivity index (χ1n) is 12.5. The fourth-order valence-electron chi connectivity index (χ4n) is 5.38. The van der Waals surface area contributed by atoms with Gasteiger partial charge in [0, 0.05) is 35.4 Å². The lowest BCUT2D eigenvalue weighted by Gasteiger charge is -2.22. The van der Waals surface area contributed by atoms with Crippen molar-refractivity contribution in [3.8, 4) is 0 Å². The van der Waals surface area contributed by atoms with Crippen LogP contribution < -0.4 is 10.9 Å². The highest BCUT2D eigenvalue weighted by atomic mass is 16.2. The number of carbonyl (C=O) groups is 1. The van der Waals surface area contributed by atoms with Gasteiger partial charge in [0.25, 0.3) is 5.56 Å². The van der Waals surface area contributed by atoms with Gasteiger partial charge in [-0.15, -0.1) is 0 Å². The van der Waals surface area contributed by atoms with Crippen molar-refractivity contribution in [1.82, 2.24) is 24.6 Å². The van der Waals surface area contributed by atoms with Crippen LogP contribution in [0.1, 0.15) is 36.5 Å². The molecule has 7 heteroatoms. The normalized spacial score (nSPS) is 16.4. The Morgan fingerprint density at radius 3 is 2.80 bits per heavy atom. The summed E-state index contributed by atoms with van der Waals surface area (Å²) in [6, 6.07) is 14.8. The number of benzene rings is 2. The van der Waals surface area contributed by atoms with Gasteiger partial charge in [-0.25, -0.2) is 4.68 Å². The van der Waals surface area contributed by atoms with Gasteiger partial charge in [0.05, 0.1) is 6.20 Å². The van der Waals surface area contributed by atoms with Crippen LogP contribution in [0.5, 0.6) is 0 Å². The van der Waals surface area contributed by atoms with Gasteiger partial charge in [-0.05, 0) is 57.0 Å². The summed E-state index contributed by atoms with van der Waals surface area (Å²) in [6.07, 6.45) is 3.98. The Labute approximate surface area is 205 Å². The molecule has 1 atom stereocenters. The number of hydrogen-bond acceptors (Lipinski definition) is 4. The SMILES string of the molecule is CCN1CCC[C@H]1CNC(=O)Cn1ncc2c3ccccc3n(Cc3cc(C)ccc3C)c2c1=O. The molecule has 7 nitrogen and oxygen atoms in total. The van der Waals surface area contributed by atoms with Crippen LogP contribution in [0.3, 0.4) is 0 Å². The van der Waals surface area contributed by atoms with Crippen LogP contribution in [0.4, 0.5) is 0 Å². The second kappa shape index (κ2) is 9.66. The Kier molecular flexibility index (Phi) is 6.43. The van der Waals surface area contributed by atoms with Gasteiger partial charge in [-0.1, -0.05) is 48.9 Å². The first kappa shape index (κ1) is 23.3. The maximum Gasteiger partial charge on any atom is 0.291 e. The van der Waals surface area contributed by atoms with Gasteiger partial charge in [0.2, 0.25) is 5.91 Å². The number of likely N-dealkylation sites (tertiary alicyclic amines) is 1. The predicted molar refractivity (Wildman–Crippen MR) is 140 cm³/mol. The number of nitrogens with zero attached hydrogens (tertiary/aromatic N) is 4. The number of aromatic nitrogens is 3. The van der Waals surface area contributed by atoms with Gasteiger partial charge in [-0.3, -0.25) is 14.5 Å². The highest BCUT2D eigenvalue weighted by molar-refractivity contribution is 6.07. The zero-order valence-electron chi connectivity index (χ0n) is 20.8. The van der Waals surface area contributed by atoms with Crippen molar-refractivity contribution < 1.29 is 4.79 Å². The zero-order valence-corrected chi connectivity index (χ0v) is 20.8. The van der Waals surface area contributed by atoms with Crippen LogP contribution in [0.15, 0.2) is 53.5 Å². The minimum Gasteiger partial charge on any atom is -0.353 e. The molecule has 2 aromatic heterocycles. The molecule has 1 amide bonds. The summed E-state index contributed by atoms with van der Waals surface area (Å²) in [6.45, 7) is 9.50. The first-order chi connectivity index (χ1) is 17.0. The van der Waals surface area contributed by atoms with Crippen LogP contribution in [-0.4, -0.2) is 50.8 Å². The number of para-hydroxylation sites is 1. The molecular weight excluding hydrogens is 438 g/mol. The molecular formula is C28H33N5O2. The molecule has 1 saturated heterocycles. The molecule has 182 valence electrons. The van der Waals surface area contributed by atoms with Crippen LogP contribution in [0.25, 0.3) is 21.8 Å². The molecule has 1 N–H and O–H groups in total. The second-order valence-electron chi connectivity index (χ2n) is 9.63. The van der Waals surface area contributed by atoms with Crippen molar-refractivity contribution in [3.63, 3.8) is 0 Å². The largest absolute Gasteiger partial charge is 0.353 e. The number of amides is 1. The number of likely N-dealkylation sites (N-methyl/N-ethyl adjacent to an activating group) is 1. The van der Waals surface area contributed by atoms with E-state index in [1.807, 2.05) is 24.3 Å². The minimum absolute atomic E-state index is 0.0847. The molecule has 0 saturated carbocycles. The molecule has 5 rings (SSSR count). The fourth-order valence-corrected chi connectivity index (χ4v) is 5.38. The molecule has 1 aliphatic heterocycles. The van der Waals surface area contributed by atoms with Gasteiger partial charge in [0.1, 0.15) is 12.1 Å². The third kappa shape index (κ3) is 4.48. The van der Waals surface area contributed by atoms with E-state index in [1.54, 1.807) is 6.20 Å². The topological polar surface area (TPSA) is 72.2 Å². The molecule has 1 fully saturated rings. The van der Waals surface area contributed by atoms with Crippen molar-refractivity contribution in [2.75, 3.05) is 19.6 Å². The second-order valence-corrected chi connectivity index (χ2v) is 9.63. The van der Waals surface area contributed by atoms with Crippen molar-refractivity contribution in [1.29, 1.82) is 0 Å². The third-order valence-electron chi connectivity index (χ3n) is 7.34. The van der Waals surface area contributed by atoms with Crippen LogP contribution in [0, 0.1) is 13.8 Å². The van der Waals surface area contributed by atoms with E-state index in [1.165, 1.54) is 21.4 Å². The van der Waals surface area contributed by atoms with E-state index in [-0.39, 0.29) is 18.0 Å². The summed E-state index contributed by atoms with van der Waals surface area (Å²) in [5.74, 6) is -0.181.